The molecule has 2 N–H and O–H groups in total. The molecular weight excluding hydrogens is 427 g/mol. The van der Waals surface area contributed by atoms with Crippen LogP contribution in [0.15, 0.2) is 11.2 Å². The standard InChI is InChI=1S/C18H34N6.HI/c1-13(2)14-8-7-9-15(10-14)22-17(19-3)20-11-16-12-21-18(23(4)5)24(16)6;/h12-15H,7-11H2,1-6H3,(H2,19,20,22);1H. The highest BCUT2D eigenvalue weighted by Crippen LogP contribution is 2.29. The number of hydrogen-bond donors (Lipinski definition) is 2. The van der Waals surface area contributed by atoms with E-state index in [9.17, 15) is 0 Å². The van der Waals surface area contributed by atoms with Gasteiger partial charge >= 0.3 is 0 Å². The van der Waals surface area contributed by atoms with E-state index in [1.807, 2.05) is 39.3 Å². The summed E-state index contributed by atoms with van der Waals surface area (Å²) in [5, 5.41) is 7.04. The zero-order valence-electron chi connectivity index (χ0n) is 16.5. The molecule has 0 spiro atoms. The molecule has 144 valence electrons. The van der Waals surface area contributed by atoms with E-state index >= 15 is 0 Å². The van der Waals surface area contributed by atoms with Gasteiger partial charge in [0.25, 0.3) is 0 Å². The van der Waals surface area contributed by atoms with Crippen molar-refractivity contribution in [1.82, 2.24) is 20.2 Å². The molecule has 0 radical (unpaired) electrons. The molecule has 1 aliphatic rings. The van der Waals surface area contributed by atoms with Crippen LogP contribution in [-0.4, -0.2) is 42.7 Å². The Kier molecular flexibility index (Phi) is 9.02. The Hall–Kier alpha value is -0.990. The Morgan fingerprint density at radius 1 is 1.40 bits per heavy atom. The van der Waals surface area contributed by atoms with Gasteiger partial charge in [-0.25, -0.2) is 4.98 Å². The molecule has 2 rings (SSSR count). The summed E-state index contributed by atoms with van der Waals surface area (Å²) < 4.78 is 2.11. The van der Waals surface area contributed by atoms with E-state index in [1.165, 1.54) is 25.7 Å². The number of guanidine groups is 1. The number of anilines is 1. The molecule has 1 aromatic heterocycles. The van der Waals surface area contributed by atoms with Gasteiger partial charge in [-0.2, -0.15) is 0 Å². The second kappa shape index (κ2) is 10.2. The van der Waals surface area contributed by atoms with Crippen molar-refractivity contribution in [2.75, 3.05) is 26.0 Å². The van der Waals surface area contributed by atoms with Gasteiger partial charge in [0.15, 0.2) is 5.96 Å². The van der Waals surface area contributed by atoms with Gasteiger partial charge in [-0.05, 0) is 24.7 Å². The van der Waals surface area contributed by atoms with Crippen LogP contribution in [0.5, 0.6) is 0 Å². The first-order chi connectivity index (χ1) is 11.4. The molecule has 1 saturated carbocycles. The predicted molar refractivity (Wildman–Crippen MR) is 117 cm³/mol. The number of imidazole rings is 1. The molecular formula is C18H35IN6. The van der Waals surface area contributed by atoms with Crippen LogP contribution in [0.25, 0.3) is 0 Å². The fraction of sp³-hybridized carbons (Fsp3) is 0.778. The average Bonchev–Trinajstić information content (AvgIpc) is 2.92. The zero-order chi connectivity index (χ0) is 17.7. The Bertz CT molecular complexity index is 552. The van der Waals surface area contributed by atoms with Crippen LogP contribution in [0.2, 0.25) is 0 Å². The lowest BCUT2D eigenvalue weighted by Gasteiger charge is -2.33. The Balaban J connectivity index is 0.00000312. The van der Waals surface area contributed by atoms with E-state index < -0.39 is 0 Å². The molecule has 0 amide bonds. The lowest BCUT2D eigenvalue weighted by Crippen LogP contribution is -2.45. The van der Waals surface area contributed by atoms with Gasteiger partial charge in [-0.3, -0.25) is 4.99 Å². The molecule has 0 bridgehead atoms. The quantitative estimate of drug-likeness (QED) is 0.402. The third-order valence-corrected chi connectivity index (χ3v) is 5.12. The molecule has 2 unspecified atom stereocenters. The van der Waals surface area contributed by atoms with Crippen LogP contribution in [0.4, 0.5) is 5.95 Å². The number of nitrogens with zero attached hydrogens (tertiary/aromatic N) is 4. The van der Waals surface area contributed by atoms with Crippen molar-refractivity contribution >= 4 is 35.9 Å². The number of halogens is 1. The van der Waals surface area contributed by atoms with Crippen molar-refractivity contribution in [3.8, 4) is 0 Å². The molecule has 7 heteroatoms. The largest absolute Gasteiger partial charge is 0.354 e. The first-order valence-electron chi connectivity index (χ1n) is 9.07. The number of rotatable bonds is 5. The summed E-state index contributed by atoms with van der Waals surface area (Å²) in [5.41, 5.74) is 1.14. The first kappa shape index (κ1) is 22.1. The summed E-state index contributed by atoms with van der Waals surface area (Å²) in [6.45, 7) is 5.40. The number of nitrogens with one attached hydrogen (secondary N) is 2. The minimum absolute atomic E-state index is 0. The smallest absolute Gasteiger partial charge is 0.204 e. The first-order valence-corrected chi connectivity index (χ1v) is 9.07. The lowest BCUT2D eigenvalue weighted by molar-refractivity contribution is 0.244. The van der Waals surface area contributed by atoms with Gasteiger partial charge < -0.3 is 20.1 Å². The van der Waals surface area contributed by atoms with E-state index in [2.05, 4.69) is 39.0 Å². The predicted octanol–water partition coefficient (Wildman–Crippen LogP) is 2.98. The van der Waals surface area contributed by atoms with Gasteiger partial charge in [0, 0.05) is 34.2 Å². The summed E-state index contributed by atoms with van der Waals surface area (Å²) in [5.74, 6) is 3.44. The highest BCUT2D eigenvalue weighted by atomic mass is 127. The monoisotopic (exact) mass is 462 g/mol. The van der Waals surface area contributed by atoms with Crippen LogP contribution >= 0.6 is 24.0 Å². The molecule has 1 aliphatic carbocycles. The SMILES string of the molecule is CN=C(NCc1cnc(N(C)C)n1C)NC1CCCC(C(C)C)C1.I. The van der Waals surface area contributed by atoms with Crippen molar-refractivity contribution < 1.29 is 0 Å². The summed E-state index contributed by atoms with van der Waals surface area (Å²) >= 11 is 0. The Labute approximate surface area is 169 Å². The second-order valence-electron chi connectivity index (χ2n) is 7.44. The van der Waals surface area contributed by atoms with Crippen molar-refractivity contribution in [3.63, 3.8) is 0 Å². The van der Waals surface area contributed by atoms with Gasteiger partial charge in [0.2, 0.25) is 5.95 Å². The summed E-state index contributed by atoms with van der Waals surface area (Å²) in [6, 6.07) is 0.529. The number of hydrogen-bond acceptors (Lipinski definition) is 3. The van der Waals surface area contributed by atoms with Gasteiger partial charge in [0.05, 0.1) is 18.4 Å². The van der Waals surface area contributed by atoms with Crippen molar-refractivity contribution in [3.05, 3.63) is 11.9 Å². The zero-order valence-corrected chi connectivity index (χ0v) is 18.9. The molecule has 0 aromatic carbocycles. The van der Waals surface area contributed by atoms with E-state index in [0.29, 0.717) is 6.04 Å². The van der Waals surface area contributed by atoms with E-state index in [-0.39, 0.29) is 24.0 Å². The molecule has 0 saturated heterocycles. The molecule has 2 atom stereocenters. The Morgan fingerprint density at radius 3 is 2.68 bits per heavy atom. The number of aliphatic imine (C=N–C) groups is 1. The fourth-order valence-corrected chi connectivity index (χ4v) is 3.54. The van der Waals surface area contributed by atoms with Crippen LogP contribution in [0.3, 0.4) is 0 Å². The van der Waals surface area contributed by atoms with Crippen molar-refractivity contribution in [1.29, 1.82) is 0 Å². The van der Waals surface area contributed by atoms with Crippen LogP contribution in [-0.2, 0) is 13.6 Å². The maximum Gasteiger partial charge on any atom is 0.204 e. The Morgan fingerprint density at radius 2 is 2.12 bits per heavy atom. The third kappa shape index (κ3) is 6.04. The van der Waals surface area contributed by atoms with Crippen LogP contribution in [0, 0.1) is 11.8 Å². The molecule has 1 fully saturated rings. The van der Waals surface area contributed by atoms with Gasteiger partial charge in [-0.15, -0.1) is 24.0 Å². The average molecular weight is 462 g/mol. The van der Waals surface area contributed by atoms with Gasteiger partial charge in [-0.1, -0.05) is 26.7 Å². The normalized spacial score (nSPS) is 21.0. The third-order valence-electron chi connectivity index (χ3n) is 5.12. The summed E-state index contributed by atoms with van der Waals surface area (Å²) in [6.07, 6.45) is 7.08. The molecule has 1 heterocycles. The molecule has 25 heavy (non-hydrogen) atoms. The molecule has 0 aliphatic heterocycles. The maximum absolute atomic E-state index is 4.45. The molecule has 6 nitrogen and oxygen atoms in total. The van der Waals surface area contributed by atoms with E-state index in [1.54, 1.807) is 0 Å². The minimum atomic E-state index is 0. The minimum Gasteiger partial charge on any atom is -0.354 e. The second-order valence-corrected chi connectivity index (χ2v) is 7.44. The summed E-state index contributed by atoms with van der Waals surface area (Å²) in [7, 11) is 7.90. The van der Waals surface area contributed by atoms with Crippen LogP contribution < -0.4 is 15.5 Å². The van der Waals surface area contributed by atoms with E-state index in [0.717, 1.165) is 36.0 Å². The fourth-order valence-electron chi connectivity index (χ4n) is 3.54. The molecule has 1 aromatic rings. The topological polar surface area (TPSA) is 57.5 Å². The number of aromatic nitrogens is 2. The van der Waals surface area contributed by atoms with Crippen molar-refractivity contribution in [2.45, 2.75) is 52.1 Å². The van der Waals surface area contributed by atoms with Crippen LogP contribution in [0.1, 0.15) is 45.2 Å². The highest BCUT2D eigenvalue weighted by molar-refractivity contribution is 14.0. The summed E-state index contributed by atoms with van der Waals surface area (Å²) in [4.78, 5) is 10.9. The van der Waals surface area contributed by atoms with E-state index in [4.69, 9.17) is 0 Å². The lowest BCUT2D eigenvalue weighted by atomic mass is 9.79. The highest BCUT2D eigenvalue weighted by Gasteiger charge is 2.24. The van der Waals surface area contributed by atoms with Gasteiger partial charge in [0.1, 0.15) is 0 Å². The van der Waals surface area contributed by atoms with Crippen molar-refractivity contribution in [2.24, 2.45) is 23.9 Å². The maximum atomic E-state index is 4.45.